The molecule has 0 saturated carbocycles. The molecule has 0 aromatic heterocycles. The van der Waals surface area contributed by atoms with E-state index in [4.69, 9.17) is 5.11 Å². The Morgan fingerprint density at radius 3 is 2.35 bits per heavy atom. The number of carboxylic acids is 1. The minimum Gasteiger partial charge on any atom is -0.508 e. The molecule has 0 spiro atoms. The third-order valence-corrected chi connectivity index (χ3v) is 3.46. The van der Waals surface area contributed by atoms with Gasteiger partial charge in [0.25, 0.3) is 0 Å². The van der Waals surface area contributed by atoms with Gasteiger partial charge < -0.3 is 20.4 Å². The van der Waals surface area contributed by atoms with Crippen molar-refractivity contribution in [2.75, 3.05) is 0 Å². The molecule has 112 valence electrons. The first-order valence-electron chi connectivity index (χ1n) is 6.63. The van der Waals surface area contributed by atoms with Gasteiger partial charge in [0.05, 0.1) is 11.7 Å². The molecule has 0 amide bonds. The van der Waals surface area contributed by atoms with E-state index in [1.807, 2.05) is 13.8 Å². The maximum Gasteiger partial charge on any atom is 0.335 e. The average Bonchev–Trinajstić information content (AvgIpc) is 2.35. The maximum atomic E-state index is 10.8. The number of aromatic hydroxyl groups is 1. The number of carbonyl (C=O) groups is 1. The zero-order valence-electron chi connectivity index (χ0n) is 12.0. The lowest BCUT2D eigenvalue weighted by molar-refractivity contribution is -0.0730. The number of phenols is 1. The van der Waals surface area contributed by atoms with E-state index < -0.39 is 17.7 Å². The van der Waals surface area contributed by atoms with Crippen LogP contribution in [-0.4, -0.2) is 32.5 Å². The van der Waals surface area contributed by atoms with Crippen LogP contribution in [0.1, 0.15) is 49.5 Å². The van der Waals surface area contributed by atoms with E-state index in [1.54, 1.807) is 0 Å². The summed E-state index contributed by atoms with van der Waals surface area (Å²) >= 11 is 0. The van der Waals surface area contributed by atoms with E-state index in [0.29, 0.717) is 12.3 Å². The average molecular weight is 282 g/mol. The van der Waals surface area contributed by atoms with Crippen LogP contribution in [0.3, 0.4) is 0 Å². The normalized spacial score (nSPS) is 15.9. The van der Waals surface area contributed by atoms with Crippen LogP contribution in [0.5, 0.6) is 5.75 Å². The number of aliphatic hydroxyl groups is 2. The fourth-order valence-corrected chi connectivity index (χ4v) is 2.04. The van der Waals surface area contributed by atoms with Crippen molar-refractivity contribution in [2.45, 2.75) is 45.3 Å². The molecule has 0 radical (unpaired) electrons. The first-order chi connectivity index (χ1) is 9.16. The quantitative estimate of drug-likeness (QED) is 0.640. The SMILES string of the molecule is CC(C)CCC(O)C(C)(O)c1ccc(C(=O)O)cc1O. The van der Waals surface area contributed by atoms with Crippen molar-refractivity contribution in [3.63, 3.8) is 0 Å². The molecule has 2 atom stereocenters. The Bertz CT molecular complexity index is 479. The van der Waals surface area contributed by atoms with Crippen molar-refractivity contribution in [1.29, 1.82) is 0 Å². The number of hydrogen-bond donors (Lipinski definition) is 4. The lowest BCUT2D eigenvalue weighted by atomic mass is 9.85. The second kappa shape index (κ2) is 6.24. The molecule has 5 nitrogen and oxygen atoms in total. The van der Waals surface area contributed by atoms with E-state index in [1.165, 1.54) is 19.1 Å². The third kappa shape index (κ3) is 3.71. The van der Waals surface area contributed by atoms with Crippen molar-refractivity contribution < 1.29 is 25.2 Å². The van der Waals surface area contributed by atoms with Gasteiger partial charge in [0.2, 0.25) is 0 Å². The predicted octanol–water partition coefficient (Wildman–Crippen LogP) is 2.10. The maximum absolute atomic E-state index is 10.8. The summed E-state index contributed by atoms with van der Waals surface area (Å²) in [5.74, 6) is -1.10. The van der Waals surface area contributed by atoms with Gasteiger partial charge in [0.15, 0.2) is 0 Å². The molecule has 0 bridgehead atoms. The van der Waals surface area contributed by atoms with Crippen molar-refractivity contribution in [3.05, 3.63) is 29.3 Å². The predicted molar refractivity (Wildman–Crippen MR) is 74.7 cm³/mol. The summed E-state index contributed by atoms with van der Waals surface area (Å²) in [6.45, 7) is 5.44. The third-order valence-electron chi connectivity index (χ3n) is 3.46. The van der Waals surface area contributed by atoms with Crippen molar-refractivity contribution in [2.24, 2.45) is 5.92 Å². The molecule has 4 N–H and O–H groups in total. The lowest BCUT2D eigenvalue weighted by Crippen LogP contribution is -2.36. The summed E-state index contributed by atoms with van der Waals surface area (Å²) in [6.07, 6.45) is 0.0993. The molecule has 1 rings (SSSR count). The number of benzene rings is 1. The highest BCUT2D eigenvalue weighted by molar-refractivity contribution is 5.88. The number of aromatic carboxylic acids is 1. The Kier molecular flexibility index (Phi) is 5.14. The van der Waals surface area contributed by atoms with Crippen LogP contribution in [0.15, 0.2) is 18.2 Å². The molecule has 1 aromatic carbocycles. The molecule has 20 heavy (non-hydrogen) atoms. The fraction of sp³-hybridized carbons (Fsp3) is 0.533. The van der Waals surface area contributed by atoms with Crippen LogP contribution in [-0.2, 0) is 5.60 Å². The molecule has 0 aliphatic heterocycles. The van der Waals surface area contributed by atoms with Crippen molar-refractivity contribution >= 4 is 5.97 Å². The summed E-state index contributed by atoms with van der Waals surface area (Å²) in [4.78, 5) is 10.8. The number of rotatable bonds is 6. The Morgan fingerprint density at radius 1 is 1.30 bits per heavy atom. The Hall–Kier alpha value is -1.59. The van der Waals surface area contributed by atoms with E-state index in [9.17, 15) is 20.1 Å². The van der Waals surface area contributed by atoms with Gasteiger partial charge in [-0.15, -0.1) is 0 Å². The van der Waals surface area contributed by atoms with Crippen LogP contribution in [0.4, 0.5) is 0 Å². The molecule has 0 heterocycles. The number of aliphatic hydroxyl groups excluding tert-OH is 1. The smallest absolute Gasteiger partial charge is 0.335 e. The monoisotopic (exact) mass is 282 g/mol. The van der Waals surface area contributed by atoms with Gasteiger partial charge in [-0.3, -0.25) is 0 Å². The van der Waals surface area contributed by atoms with Crippen molar-refractivity contribution in [1.82, 2.24) is 0 Å². The van der Waals surface area contributed by atoms with Crippen LogP contribution < -0.4 is 0 Å². The van der Waals surface area contributed by atoms with Gasteiger partial charge in [-0.2, -0.15) is 0 Å². The summed E-state index contributed by atoms with van der Waals surface area (Å²) in [5.41, 5.74) is -1.58. The minimum atomic E-state index is -1.63. The summed E-state index contributed by atoms with van der Waals surface area (Å²) in [5, 5.41) is 39.2. The molecule has 2 unspecified atom stereocenters. The summed E-state index contributed by atoms with van der Waals surface area (Å²) < 4.78 is 0. The molecular formula is C15H22O5. The molecule has 0 saturated heterocycles. The summed E-state index contributed by atoms with van der Waals surface area (Å²) in [6, 6.07) is 3.69. The molecule has 5 heteroatoms. The number of hydrogen-bond acceptors (Lipinski definition) is 4. The van der Waals surface area contributed by atoms with Gasteiger partial charge in [0.1, 0.15) is 11.4 Å². The van der Waals surface area contributed by atoms with E-state index in [-0.39, 0.29) is 16.9 Å². The van der Waals surface area contributed by atoms with Crippen LogP contribution in [0, 0.1) is 5.92 Å². The van der Waals surface area contributed by atoms with Crippen molar-refractivity contribution in [3.8, 4) is 5.75 Å². The molecule has 1 aromatic rings. The van der Waals surface area contributed by atoms with Gasteiger partial charge in [-0.1, -0.05) is 19.9 Å². The highest BCUT2D eigenvalue weighted by atomic mass is 16.4. The highest BCUT2D eigenvalue weighted by Gasteiger charge is 2.34. The number of phenolic OH excluding ortho intramolecular Hbond substituents is 1. The standard InChI is InChI=1S/C15H22O5/c1-9(2)4-7-13(17)15(3,20)11-6-5-10(14(18)19)8-12(11)16/h5-6,8-9,13,16-17,20H,4,7H2,1-3H3,(H,18,19). The first kappa shape index (κ1) is 16.5. The second-order valence-electron chi connectivity index (χ2n) is 5.67. The Labute approximate surface area is 118 Å². The topological polar surface area (TPSA) is 98.0 Å². The highest BCUT2D eigenvalue weighted by Crippen LogP contribution is 2.34. The lowest BCUT2D eigenvalue weighted by Gasteiger charge is -2.30. The Morgan fingerprint density at radius 2 is 1.90 bits per heavy atom. The van der Waals surface area contributed by atoms with E-state index >= 15 is 0 Å². The molecule has 0 aliphatic rings. The van der Waals surface area contributed by atoms with E-state index in [0.717, 1.165) is 12.5 Å². The van der Waals surface area contributed by atoms with Crippen LogP contribution in [0.25, 0.3) is 0 Å². The second-order valence-corrected chi connectivity index (χ2v) is 5.67. The van der Waals surface area contributed by atoms with E-state index in [2.05, 4.69) is 0 Å². The zero-order chi connectivity index (χ0) is 15.5. The minimum absolute atomic E-state index is 0.0706. The largest absolute Gasteiger partial charge is 0.508 e. The van der Waals surface area contributed by atoms with Crippen LogP contribution >= 0.6 is 0 Å². The molecule has 0 fully saturated rings. The fourth-order valence-electron chi connectivity index (χ4n) is 2.04. The van der Waals surface area contributed by atoms with Gasteiger partial charge >= 0.3 is 5.97 Å². The molecular weight excluding hydrogens is 260 g/mol. The zero-order valence-corrected chi connectivity index (χ0v) is 12.0. The number of carboxylic acid groups (broad SMARTS) is 1. The first-order valence-corrected chi connectivity index (χ1v) is 6.63. The van der Waals surface area contributed by atoms with Gasteiger partial charge in [-0.25, -0.2) is 4.79 Å². The van der Waals surface area contributed by atoms with Gasteiger partial charge in [0, 0.05) is 5.56 Å². The van der Waals surface area contributed by atoms with Gasteiger partial charge in [-0.05, 0) is 37.8 Å². The Balaban J connectivity index is 2.99. The molecule has 0 aliphatic carbocycles. The summed E-state index contributed by atoms with van der Waals surface area (Å²) in [7, 11) is 0. The van der Waals surface area contributed by atoms with Crippen LogP contribution in [0.2, 0.25) is 0 Å².